The molecule has 1 spiro atoms. The van der Waals surface area contributed by atoms with Crippen LogP contribution in [0.3, 0.4) is 0 Å². The Labute approximate surface area is 113 Å². The zero-order valence-electron chi connectivity index (χ0n) is 11.0. The van der Waals surface area contributed by atoms with Gasteiger partial charge in [-0.05, 0) is 18.9 Å². The van der Waals surface area contributed by atoms with Gasteiger partial charge in [0, 0.05) is 31.0 Å². The van der Waals surface area contributed by atoms with Crippen molar-refractivity contribution in [1.82, 2.24) is 5.32 Å². The lowest BCUT2D eigenvalue weighted by molar-refractivity contribution is -0.179. The van der Waals surface area contributed by atoms with Gasteiger partial charge in [0.05, 0.1) is 13.2 Å². The monoisotopic (exact) mass is 265 g/mol. The van der Waals surface area contributed by atoms with Crippen molar-refractivity contribution in [3.8, 4) is 0 Å². The molecule has 3 nitrogen and oxygen atoms in total. The van der Waals surface area contributed by atoms with Gasteiger partial charge in [0.25, 0.3) is 0 Å². The minimum atomic E-state index is -0.309. The topological polar surface area (TPSA) is 30.5 Å². The average Bonchev–Trinajstić information content (AvgIpc) is 2.88. The molecule has 1 aliphatic carbocycles. The van der Waals surface area contributed by atoms with Crippen molar-refractivity contribution < 1.29 is 13.9 Å². The van der Waals surface area contributed by atoms with Crippen LogP contribution < -0.4 is 5.32 Å². The molecule has 2 fully saturated rings. The summed E-state index contributed by atoms with van der Waals surface area (Å²) >= 11 is 0. The molecule has 1 saturated carbocycles. The summed E-state index contributed by atoms with van der Waals surface area (Å²) in [6.45, 7) is 2.02. The van der Waals surface area contributed by atoms with Crippen molar-refractivity contribution in [3.63, 3.8) is 0 Å². The van der Waals surface area contributed by atoms with Crippen LogP contribution in [-0.4, -0.2) is 25.0 Å². The largest absolute Gasteiger partial charge is 0.348 e. The van der Waals surface area contributed by atoms with Crippen LogP contribution in [0.4, 0.5) is 4.39 Å². The molecule has 0 aromatic heterocycles. The Hall–Kier alpha value is -0.970. The number of hydrogen-bond donors (Lipinski definition) is 1. The zero-order valence-corrected chi connectivity index (χ0v) is 11.0. The first-order valence-electron chi connectivity index (χ1n) is 7.02. The standard InChI is InChI=1S/C15H20FNO2/c16-14-4-2-1-3-12(14)11-17-13-5-7-15(8-6-13)18-9-10-19-15/h1-4,13,17H,5-11H2. The van der Waals surface area contributed by atoms with Crippen molar-refractivity contribution in [2.75, 3.05) is 13.2 Å². The normalized spacial score (nSPS) is 23.0. The third kappa shape index (κ3) is 2.96. The maximum Gasteiger partial charge on any atom is 0.168 e. The van der Waals surface area contributed by atoms with E-state index in [0.29, 0.717) is 25.8 Å². The van der Waals surface area contributed by atoms with Crippen LogP contribution in [0.5, 0.6) is 0 Å². The van der Waals surface area contributed by atoms with Gasteiger partial charge in [0.2, 0.25) is 0 Å². The van der Waals surface area contributed by atoms with Crippen molar-refractivity contribution in [3.05, 3.63) is 35.6 Å². The summed E-state index contributed by atoms with van der Waals surface area (Å²) in [5.74, 6) is -0.444. The molecule has 0 bridgehead atoms. The lowest BCUT2D eigenvalue weighted by Gasteiger charge is -2.35. The molecule has 3 rings (SSSR count). The number of ether oxygens (including phenoxy) is 2. The quantitative estimate of drug-likeness (QED) is 0.911. The molecule has 0 atom stereocenters. The van der Waals surface area contributed by atoms with Gasteiger partial charge in [-0.25, -0.2) is 4.39 Å². The second-order valence-electron chi connectivity index (χ2n) is 5.35. The second-order valence-corrected chi connectivity index (χ2v) is 5.35. The first kappa shape index (κ1) is 13.0. The summed E-state index contributed by atoms with van der Waals surface area (Å²) in [5, 5.41) is 3.43. The summed E-state index contributed by atoms with van der Waals surface area (Å²) in [4.78, 5) is 0. The summed E-state index contributed by atoms with van der Waals surface area (Å²) in [5.41, 5.74) is 0.733. The highest BCUT2D eigenvalue weighted by Gasteiger charge is 2.40. The van der Waals surface area contributed by atoms with Gasteiger partial charge in [-0.15, -0.1) is 0 Å². The second kappa shape index (κ2) is 5.57. The zero-order chi connectivity index (χ0) is 13.1. The van der Waals surface area contributed by atoms with Crippen LogP contribution in [0.25, 0.3) is 0 Å². The molecule has 1 N–H and O–H groups in total. The Bertz CT molecular complexity index is 422. The predicted octanol–water partition coefficient (Wildman–Crippen LogP) is 2.60. The van der Waals surface area contributed by atoms with Gasteiger partial charge in [-0.1, -0.05) is 18.2 Å². The van der Waals surface area contributed by atoms with E-state index in [2.05, 4.69) is 5.32 Å². The number of rotatable bonds is 3. The van der Waals surface area contributed by atoms with Crippen LogP contribution in [0.2, 0.25) is 0 Å². The molecule has 104 valence electrons. The first-order valence-corrected chi connectivity index (χ1v) is 7.02. The van der Waals surface area contributed by atoms with Gasteiger partial charge in [-0.2, -0.15) is 0 Å². The fourth-order valence-electron chi connectivity index (χ4n) is 2.94. The average molecular weight is 265 g/mol. The van der Waals surface area contributed by atoms with E-state index in [0.717, 1.165) is 31.2 Å². The SMILES string of the molecule is Fc1ccccc1CNC1CCC2(CC1)OCCO2. The Morgan fingerprint density at radius 3 is 2.53 bits per heavy atom. The van der Waals surface area contributed by atoms with Crippen LogP contribution in [-0.2, 0) is 16.0 Å². The van der Waals surface area contributed by atoms with Crippen LogP contribution in [0.15, 0.2) is 24.3 Å². The smallest absolute Gasteiger partial charge is 0.168 e. The molecule has 1 aliphatic heterocycles. The van der Waals surface area contributed by atoms with Gasteiger partial charge in [-0.3, -0.25) is 0 Å². The highest BCUT2D eigenvalue weighted by molar-refractivity contribution is 5.17. The molecule has 0 radical (unpaired) electrons. The van der Waals surface area contributed by atoms with Crippen LogP contribution >= 0.6 is 0 Å². The summed E-state index contributed by atoms with van der Waals surface area (Å²) < 4.78 is 24.9. The molecule has 2 aliphatic rings. The van der Waals surface area contributed by atoms with Crippen LogP contribution in [0, 0.1) is 5.82 Å². The third-order valence-electron chi connectivity index (χ3n) is 4.10. The van der Waals surface area contributed by atoms with Crippen molar-refractivity contribution >= 4 is 0 Å². The maximum atomic E-state index is 13.5. The third-order valence-corrected chi connectivity index (χ3v) is 4.10. The fraction of sp³-hybridized carbons (Fsp3) is 0.600. The van der Waals surface area contributed by atoms with E-state index in [1.807, 2.05) is 12.1 Å². The summed E-state index contributed by atoms with van der Waals surface area (Å²) in [6.07, 6.45) is 3.91. The van der Waals surface area contributed by atoms with Gasteiger partial charge in [0.1, 0.15) is 5.82 Å². The van der Waals surface area contributed by atoms with Crippen molar-refractivity contribution in [2.24, 2.45) is 0 Å². The number of nitrogens with one attached hydrogen (secondary N) is 1. The highest BCUT2D eigenvalue weighted by atomic mass is 19.1. The Morgan fingerprint density at radius 2 is 1.84 bits per heavy atom. The van der Waals surface area contributed by atoms with E-state index in [-0.39, 0.29) is 11.6 Å². The van der Waals surface area contributed by atoms with E-state index in [4.69, 9.17) is 9.47 Å². The van der Waals surface area contributed by atoms with E-state index in [1.54, 1.807) is 6.07 Å². The minimum absolute atomic E-state index is 0.135. The summed E-state index contributed by atoms with van der Waals surface area (Å²) in [6, 6.07) is 7.36. The lowest BCUT2D eigenvalue weighted by Crippen LogP contribution is -2.41. The van der Waals surface area contributed by atoms with E-state index < -0.39 is 0 Å². The molecule has 0 amide bonds. The fourth-order valence-corrected chi connectivity index (χ4v) is 2.94. The van der Waals surface area contributed by atoms with E-state index in [1.165, 1.54) is 6.07 Å². The van der Waals surface area contributed by atoms with Gasteiger partial charge >= 0.3 is 0 Å². The molecule has 0 unspecified atom stereocenters. The van der Waals surface area contributed by atoms with Crippen molar-refractivity contribution in [1.29, 1.82) is 0 Å². The Balaban J connectivity index is 1.49. The van der Waals surface area contributed by atoms with Gasteiger partial charge in [0.15, 0.2) is 5.79 Å². The minimum Gasteiger partial charge on any atom is -0.348 e. The number of halogens is 1. The number of benzene rings is 1. The molecular formula is C15H20FNO2. The molecule has 1 saturated heterocycles. The predicted molar refractivity (Wildman–Crippen MR) is 70.1 cm³/mol. The Morgan fingerprint density at radius 1 is 1.16 bits per heavy atom. The molecule has 1 aromatic rings. The highest BCUT2D eigenvalue weighted by Crippen LogP contribution is 2.35. The first-order chi connectivity index (χ1) is 9.27. The number of hydrogen-bond acceptors (Lipinski definition) is 3. The molecule has 1 aromatic carbocycles. The van der Waals surface area contributed by atoms with E-state index >= 15 is 0 Å². The lowest BCUT2D eigenvalue weighted by atomic mass is 9.90. The van der Waals surface area contributed by atoms with Crippen LogP contribution in [0.1, 0.15) is 31.2 Å². The molecule has 19 heavy (non-hydrogen) atoms. The van der Waals surface area contributed by atoms with Gasteiger partial charge < -0.3 is 14.8 Å². The molecular weight excluding hydrogens is 245 g/mol. The Kier molecular flexibility index (Phi) is 3.82. The summed E-state index contributed by atoms with van der Waals surface area (Å²) in [7, 11) is 0. The van der Waals surface area contributed by atoms with Crippen molar-refractivity contribution in [2.45, 2.75) is 44.1 Å². The molecule has 4 heteroatoms. The molecule has 1 heterocycles. The van der Waals surface area contributed by atoms with E-state index in [9.17, 15) is 4.39 Å². The maximum absolute atomic E-state index is 13.5.